The second-order valence-electron chi connectivity index (χ2n) is 4.24. The number of ether oxygens (including phenoxy) is 1. The van der Waals surface area contributed by atoms with Gasteiger partial charge in [-0.3, -0.25) is 0 Å². The van der Waals surface area contributed by atoms with Gasteiger partial charge in [-0.1, -0.05) is 35.9 Å². The average molecular weight is 252 g/mol. The van der Waals surface area contributed by atoms with Gasteiger partial charge in [0.15, 0.2) is 0 Å². The van der Waals surface area contributed by atoms with Gasteiger partial charge in [0.05, 0.1) is 12.7 Å². The van der Waals surface area contributed by atoms with E-state index in [9.17, 15) is 0 Å². The minimum Gasteiger partial charge on any atom is -0.374 e. The van der Waals surface area contributed by atoms with E-state index in [0.717, 1.165) is 36.5 Å². The summed E-state index contributed by atoms with van der Waals surface area (Å²) in [7, 11) is 0. The van der Waals surface area contributed by atoms with Crippen molar-refractivity contribution in [2.45, 2.75) is 18.9 Å². The average Bonchev–Trinajstić information content (AvgIpc) is 2.38. The molecule has 3 heteroatoms. The van der Waals surface area contributed by atoms with Crippen molar-refractivity contribution in [1.82, 2.24) is 5.32 Å². The van der Waals surface area contributed by atoms with Gasteiger partial charge in [0.1, 0.15) is 0 Å². The van der Waals surface area contributed by atoms with Crippen LogP contribution in [0.5, 0.6) is 0 Å². The van der Waals surface area contributed by atoms with Crippen molar-refractivity contribution < 1.29 is 4.74 Å². The lowest BCUT2D eigenvalue weighted by Crippen LogP contribution is -2.32. The first-order chi connectivity index (χ1) is 8.34. The maximum atomic E-state index is 5.82. The van der Waals surface area contributed by atoms with E-state index in [4.69, 9.17) is 16.3 Å². The molecule has 2 rings (SSSR count). The Morgan fingerprint density at radius 2 is 1.94 bits per heavy atom. The molecule has 0 saturated carbocycles. The number of benzene rings is 1. The monoisotopic (exact) mass is 251 g/mol. The molecule has 1 aromatic rings. The van der Waals surface area contributed by atoms with E-state index in [1.54, 1.807) is 0 Å². The molecule has 0 unspecified atom stereocenters. The van der Waals surface area contributed by atoms with Crippen molar-refractivity contribution >= 4 is 17.7 Å². The van der Waals surface area contributed by atoms with Gasteiger partial charge in [0, 0.05) is 5.02 Å². The molecule has 1 saturated heterocycles. The Morgan fingerprint density at radius 1 is 1.24 bits per heavy atom. The summed E-state index contributed by atoms with van der Waals surface area (Å²) in [6, 6.07) is 7.80. The summed E-state index contributed by atoms with van der Waals surface area (Å²) in [5.74, 6) is 0. The second-order valence-corrected chi connectivity index (χ2v) is 4.67. The number of piperidine rings is 1. The van der Waals surface area contributed by atoms with E-state index in [-0.39, 0.29) is 0 Å². The quantitative estimate of drug-likeness (QED) is 0.888. The number of hydrogen-bond donors (Lipinski definition) is 1. The molecule has 1 aromatic carbocycles. The summed E-state index contributed by atoms with van der Waals surface area (Å²) in [6.45, 7) is 2.84. The topological polar surface area (TPSA) is 21.3 Å². The van der Waals surface area contributed by atoms with Crippen molar-refractivity contribution in [3.8, 4) is 0 Å². The highest BCUT2D eigenvalue weighted by Crippen LogP contribution is 2.11. The maximum Gasteiger partial charge on any atom is 0.0654 e. The Morgan fingerprint density at radius 3 is 2.65 bits per heavy atom. The number of rotatable bonds is 4. The Balaban J connectivity index is 1.72. The molecule has 0 amide bonds. The van der Waals surface area contributed by atoms with Crippen molar-refractivity contribution in [3.05, 3.63) is 40.9 Å². The van der Waals surface area contributed by atoms with Gasteiger partial charge in [-0.05, 0) is 43.6 Å². The van der Waals surface area contributed by atoms with Gasteiger partial charge < -0.3 is 10.1 Å². The van der Waals surface area contributed by atoms with Gasteiger partial charge in [-0.25, -0.2) is 0 Å². The first-order valence-electron chi connectivity index (χ1n) is 6.09. The zero-order valence-electron chi connectivity index (χ0n) is 9.86. The Kier molecular flexibility index (Phi) is 5.05. The van der Waals surface area contributed by atoms with Crippen LogP contribution in [0.15, 0.2) is 30.3 Å². The second kappa shape index (κ2) is 6.80. The van der Waals surface area contributed by atoms with Crippen LogP contribution in [-0.2, 0) is 4.74 Å². The molecule has 0 radical (unpaired) electrons. The molecule has 1 heterocycles. The van der Waals surface area contributed by atoms with Gasteiger partial charge in [0.2, 0.25) is 0 Å². The highest BCUT2D eigenvalue weighted by atomic mass is 35.5. The van der Waals surface area contributed by atoms with Crippen molar-refractivity contribution in [2.24, 2.45) is 0 Å². The zero-order chi connectivity index (χ0) is 11.9. The summed E-state index contributed by atoms with van der Waals surface area (Å²) < 4.78 is 5.78. The Labute approximate surface area is 108 Å². The molecule has 92 valence electrons. The molecule has 0 atom stereocenters. The minimum atomic E-state index is 0.422. The molecule has 1 N–H and O–H groups in total. The van der Waals surface area contributed by atoms with Gasteiger partial charge in [-0.15, -0.1) is 0 Å². The van der Waals surface area contributed by atoms with E-state index in [2.05, 4.69) is 17.5 Å². The fourth-order valence-corrected chi connectivity index (χ4v) is 2.04. The van der Waals surface area contributed by atoms with Crippen LogP contribution in [0.25, 0.3) is 6.08 Å². The normalized spacial score (nSPS) is 17.7. The summed E-state index contributed by atoms with van der Waals surface area (Å²) in [5.41, 5.74) is 1.16. The summed E-state index contributed by atoms with van der Waals surface area (Å²) >= 11 is 5.82. The lowest BCUT2D eigenvalue weighted by Gasteiger charge is -2.22. The minimum absolute atomic E-state index is 0.422. The lowest BCUT2D eigenvalue weighted by molar-refractivity contribution is 0.0518. The van der Waals surface area contributed by atoms with Crippen LogP contribution in [0.4, 0.5) is 0 Å². The first kappa shape index (κ1) is 12.6. The Hall–Kier alpha value is -0.830. The standard InChI is InChI=1S/C14H18ClNO/c15-13-5-3-12(4-6-13)2-1-11-17-14-7-9-16-10-8-14/h1-6,14,16H,7-11H2/b2-1+. The lowest BCUT2D eigenvalue weighted by atomic mass is 10.1. The predicted octanol–water partition coefficient (Wildman–Crippen LogP) is 3.12. The van der Waals surface area contributed by atoms with E-state index in [1.165, 1.54) is 0 Å². The molecule has 17 heavy (non-hydrogen) atoms. The Bertz CT molecular complexity index is 355. The van der Waals surface area contributed by atoms with Crippen molar-refractivity contribution in [3.63, 3.8) is 0 Å². The first-order valence-corrected chi connectivity index (χ1v) is 6.47. The van der Waals surface area contributed by atoms with Crippen LogP contribution in [0, 0.1) is 0 Å². The zero-order valence-corrected chi connectivity index (χ0v) is 10.6. The fraction of sp³-hybridized carbons (Fsp3) is 0.429. The van der Waals surface area contributed by atoms with Gasteiger partial charge >= 0.3 is 0 Å². The largest absolute Gasteiger partial charge is 0.374 e. The fourth-order valence-electron chi connectivity index (χ4n) is 1.91. The van der Waals surface area contributed by atoms with E-state index < -0.39 is 0 Å². The van der Waals surface area contributed by atoms with E-state index >= 15 is 0 Å². The molecule has 1 aliphatic heterocycles. The molecule has 0 spiro atoms. The van der Waals surface area contributed by atoms with Crippen LogP contribution in [-0.4, -0.2) is 25.8 Å². The number of nitrogens with one attached hydrogen (secondary N) is 1. The summed E-state index contributed by atoms with van der Waals surface area (Å²) in [5, 5.41) is 4.10. The third kappa shape index (κ3) is 4.50. The maximum absolute atomic E-state index is 5.82. The molecular formula is C14H18ClNO. The third-order valence-corrected chi connectivity index (χ3v) is 3.15. The summed E-state index contributed by atoms with van der Waals surface area (Å²) in [6.07, 6.45) is 6.79. The van der Waals surface area contributed by atoms with Crippen LogP contribution >= 0.6 is 11.6 Å². The number of halogens is 1. The van der Waals surface area contributed by atoms with Crippen molar-refractivity contribution in [2.75, 3.05) is 19.7 Å². The van der Waals surface area contributed by atoms with E-state index in [1.807, 2.05) is 24.3 Å². The third-order valence-electron chi connectivity index (χ3n) is 2.89. The highest BCUT2D eigenvalue weighted by molar-refractivity contribution is 6.30. The molecular weight excluding hydrogens is 234 g/mol. The number of hydrogen-bond acceptors (Lipinski definition) is 2. The molecule has 1 aliphatic rings. The molecule has 2 nitrogen and oxygen atoms in total. The SMILES string of the molecule is Clc1ccc(/C=C/COC2CCNCC2)cc1. The van der Waals surface area contributed by atoms with Crippen molar-refractivity contribution in [1.29, 1.82) is 0 Å². The van der Waals surface area contributed by atoms with Crippen LogP contribution in [0.2, 0.25) is 5.02 Å². The summed E-state index contributed by atoms with van der Waals surface area (Å²) in [4.78, 5) is 0. The van der Waals surface area contributed by atoms with Gasteiger partial charge in [0.25, 0.3) is 0 Å². The predicted molar refractivity (Wildman–Crippen MR) is 72.3 cm³/mol. The molecule has 0 bridgehead atoms. The van der Waals surface area contributed by atoms with Gasteiger partial charge in [-0.2, -0.15) is 0 Å². The van der Waals surface area contributed by atoms with Crippen LogP contribution < -0.4 is 5.32 Å². The molecule has 1 fully saturated rings. The van der Waals surface area contributed by atoms with Crippen LogP contribution in [0.1, 0.15) is 18.4 Å². The van der Waals surface area contributed by atoms with Crippen LogP contribution in [0.3, 0.4) is 0 Å². The molecule has 0 aliphatic carbocycles. The highest BCUT2D eigenvalue weighted by Gasteiger charge is 2.11. The smallest absolute Gasteiger partial charge is 0.0654 e. The molecule has 0 aromatic heterocycles. The van der Waals surface area contributed by atoms with E-state index in [0.29, 0.717) is 12.7 Å².